The third-order valence-corrected chi connectivity index (χ3v) is 4.20. The summed E-state index contributed by atoms with van der Waals surface area (Å²) in [6.45, 7) is 6.44. The lowest BCUT2D eigenvalue weighted by molar-refractivity contribution is 0.203. The van der Waals surface area contributed by atoms with Gasteiger partial charge < -0.3 is 4.74 Å². The molecule has 1 aromatic carbocycles. The molecule has 0 radical (unpaired) electrons. The van der Waals surface area contributed by atoms with Crippen LogP contribution < -0.4 is 16.0 Å². The summed E-state index contributed by atoms with van der Waals surface area (Å²) in [6.07, 6.45) is 5.20. The Balaban J connectivity index is 2.32. The molecule has 3 N–H and O–H groups in total. The van der Waals surface area contributed by atoms with Gasteiger partial charge in [-0.3, -0.25) is 11.3 Å². The molecule has 1 saturated carbocycles. The Morgan fingerprint density at radius 1 is 1.21 bits per heavy atom. The molecular formula is C16H26N2O. The van der Waals surface area contributed by atoms with Crippen molar-refractivity contribution in [3.05, 3.63) is 29.8 Å². The molecule has 1 aliphatic rings. The molecule has 0 aromatic heterocycles. The van der Waals surface area contributed by atoms with Crippen molar-refractivity contribution >= 4 is 0 Å². The smallest absolute Gasteiger partial charge is 0.124 e. The van der Waals surface area contributed by atoms with Gasteiger partial charge in [-0.15, -0.1) is 0 Å². The van der Waals surface area contributed by atoms with Crippen LogP contribution in [0.5, 0.6) is 5.75 Å². The van der Waals surface area contributed by atoms with Crippen LogP contribution in [0.4, 0.5) is 0 Å². The molecule has 106 valence electrons. The maximum absolute atomic E-state index is 5.94. The van der Waals surface area contributed by atoms with E-state index in [-0.39, 0.29) is 17.6 Å². The van der Waals surface area contributed by atoms with Crippen molar-refractivity contribution in [3.63, 3.8) is 0 Å². The summed E-state index contributed by atoms with van der Waals surface area (Å²) in [6, 6.07) is 8.41. The van der Waals surface area contributed by atoms with E-state index in [0.29, 0.717) is 0 Å². The van der Waals surface area contributed by atoms with E-state index in [9.17, 15) is 0 Å². The standard InChI is InChI=1S/C16H26N2O/c1-12(2)19-14-9-5-4-8-13(14)15(18-17)16(3)10-6-7-11-16/h4-5,8-9,12,15,18H,6-7,10-11,17H2,1-3H3. The van der Waals surface area contributed by atoms with Crippen LogP contribution in [0.2, 0.25) is 0 Å². The predicted molar refractivity (Wildman–Crippen MR) is 78.8 cm³/mol. The van der Waals surface area contributed by atoms with Gasteiger partial charge in [0, 0.05) is 5.56 Å². The van der Waals surface area contributed by atoms with E-state index in [2.05, 4.69) is 38.3 Å². The minimum atomic E-state index is 0.157. The van der Waals surface area contributed by atoms with Gasteiger partial charge in [-0.2, -0.15) is 0 Å². The zero-order valence-corrected chi connectivity index (χ0v) is 12.3. The molecule has 2 rings (SSSR count). The summed E-state index contributed by atoms with van der Waals surface area (Å²) in [5.74, 6) is 6.82. The minimum Gasteiger partial charge on any atom is -0.491 e. The minimum absolute atomic E-state index is 0.157. The van der Waals surface area contributed by atoms with E-state index < -0.39 is 0 Å². The van der Waals surface area contributed by atoms with Crippen LogP contribution in [0.15, 0.2) is 24.3 Å². The number of hydrazine groups is 1. The molecule has 0 bridgehead atoms. The number of para-hydroxylation sites is 1. The van der Waals surface area contributed by atoms with Crippen molar-refractivity contribution in [2.24, 2.45) is 11.3 Å². The van der Waals surface area contributed by atoms with E-state index in [4.69, 9.17) is 10.6 Å². The number of nitrogens with two attached hydrogens (primary N) is 1. The molecule has 0 heterocycles. The van der Waals surface area contributed by atoms with Gasteiger partial charge in [0.25, 0.3) is 0 Å². The number of nitrogens with one attached hydrogen (secondary N) is 1. The number of hydrogen-bond acceptors (Lipinski definition) is 3. The van der Waals surface area contributed by atoms with Gasteiger partial charge in [0.1, 0.15) is 5.75 Å². The maximum atomic E-state index is 5.94. The van der Waals surface area contributed by atoms with Crippen LogP contribution in [0.1, 0.15) is 58.1 Å². The van der Waals surface area contributed by atoms with Crippen LogP contribution in [0, 0.1) is 5.41 Å². The molecule has 3 heteroatoms. The van der Waals surface area contributed by atoms with E-state index in [1.165, 1.54) is 31.2 Å². The van der Waals surface area contributed by atoms with Crippen LogP contribution in [-0.4, -0.2) is 6.10 Å². The monoisotopic (exact) mass is 262 g/mol. The highest BCUT2D eigenvalue weighted by atomic mass is 16.5. The van der Waals surface area contributed by atoms with Gasteiger partial charge in [0.2, 0.25) is 0 Å². The second kappa shape index (κ2) is 5.93. The molecule has 1 aliphatic carbocycles. The quantitative estimate of drug-likeness (QED) is 0.630. The Kier molecular flexibility index (Phi) is 4.48. The first-order valence-electron chi connectivity index (χ1n) is 7.28. The highest BCUT2D eigenvalue weighted by molar-refractivity contribution is 5.37. The molecule has 1 aromatic rings. The van der Waals surface area contributed by atoms with Gasteiger partial charge in [-0.25, -0.2) is 0 Å². The van der Waals surface area contributed by atoms with Crippen LogP contribution in [0.25, 0.3) is 0 Å². The van der Waals surface area contributed by atoms with Crippen LogP contribution >= 0.6 is 0 Å². The Labute approximate surface area is 116 Å². The molecule has 19 heavy (non-hydrogen) atoms. The normalized spacial score (nSPS) is 19.6. The lowest BCUT2D eigenvalue weighted by Gasteiger charge is -2.35. The predicted octanol–water partition coefficient (Wildman–Crippen LogP) is 3.56. The third kappa shape index (κ3) is 3.10. The zero-order valence-electron chi connectivity index (χ0n) is 12.3. The number of ether oxygens (including phenoxy) is 1. The first-order chi connectivity index (χ1) is 9.07. The van der Waals surface area contributed by atoms with Crippen molar-refractivity contribution in [2.45, 2.75) is 58.6 Å². The van der Waals surface area contributed by atoms with Crippen LogP contribution in [-0.2, 0) is 0 Å². The zero-order chi connectivity index (χ0) is 13.9. The SMILES string of the molecule is CC(C)Oc1ccccc1C(NN)C1(C)CCCC1. The van der Waals surface area contributed by atoms with E-state index in [1.54, 1.807) is 0 Å². The van der Waals surface area contributed by atoms with Gasteiger partial charge in [0.15, 0.2) is 0 Å². The molecule has 0 spiro atoms. The van der Waals surface area contributed by atoms with Gasteiger partial charge in [-0.05, 0) is 38.2 Å². The van der Waals surface area contributed by atoms with Crippen molar-refractivity contribution in [3.8, 4) is 5.75 Å². The van der Waals surface area contributed by atoms with Crippen molar-refractivity contribution in [1.82, 2.24) is 5.43 Å². The summed E-state index contributed by atoms with van der Waals surface area (Å²) in [7, 11) is 0. The summed E-state index contributed by atoms with van der Waals surface area (Å²) in [5.41, 5.74) is 4.45. The fraction of sp³-hybridized carbons (Fsp3) is 0.625. The highest BCUT2D eigenvalue weighted by Gasteiger charge is 2.38. The van der Waals surface area contributed by atoms with Crippen LogP contribution in [0.3, 0.4) is 0 Å². The van der Waals surface area contributed by atoms with Crippen molar-refractivity contribution < 1.29 is 4.74 Å². The molecule has 1 fully saturated rings. The first-order valence-corrected chi connectivity index (χ1v) is 7.28. The van der Waals surface area contributed by atoms with Gasteiger partial charge >= 0.3 is 0 Å². The molecule has 1 atom stereocenters. The van der Waals surface area contributed by atoms with E-state index >= 15 is 0 Å². The molecular weight excluding hydrogens is 236 g/mol. The topological polar surface area (TPSA) is 47.3 Å². The number of hydrogen-bond donors (Lipinski definition) is 2. The Morgan fingerprint density at radius 2 is 1.84 bits per heavy atom. The first kappa shape index (κ1) is 14.4. The lowest BCUT2D eigenvalue weighted by atomic mass is 9.77. The molecule has 1 unspecified atom stereocenters. The van der Waals surface area contributed by atoms with E-state index in [1.807, 2.05) is 12.1 Å². The Morgan fingerprint density at radius 3 is 2.42 bits per heavy atom. The highest BCUT2D eigenvalue weighted by Crippen LogP contribution is 2.48. The summed E-state index contributed by atoms with van der Waals surface area (Å²) < 4.78 is 5.94. The second-order valence-corrected chi connectivity index (χ2v) is 6.17. The average molecular weight is 262 g/mol. The van der Waals surface area contributed by atoms with Crippen molar-refractivity contribution in [1.29, 1.82) is 0 Å². The summed E-state index contributed by atoms with van der Waals surface area (Å²) in [4.78, 5) is 0. The van der Waals surface area contributed by atoms with Gasteiger partial charge in [-0.1, -0.05) is 38.0 Å². The third-order valence-electron chi connectivity index (χ3n) is 4.20. The number of benzene rings is 1. The van der Waals surface area contributed by atoms with Gasteiger partial charge in [0.05, 0.1) is 12.1 Å². The van der Waals surface area contributed by atoms with E-state index in [0.717, 1.165) is 5.75 Å². The molecule has 0 amide bonds. The lowest BCUT2D eigenvalue weighted by Crippen LogP contribution is -2.39. The Bertz CT molecular complexity index is 411. The fourth-order valence-electron chi connectivity index (χ4n) is 3.22. The summed E-state index contributed by atoms with van der Waals surface area (Å²) in [5, 5.41) is 0. The number of rotatable bonds is 5. The molecule has 0 saturated heterocycles. The largest absolute Gasteiger partial charge is 0.491 e. The average Bonchev–Trinajstić information content (AvgIpc) is 2.79. The second-order valence-electron chi connectivity index (χ2n) is 6.17. The summed E-state index contributed by atoms with van der Waals surface area (Å²) >= 11 is 0. The fourth-order valence-corrected chi connectivity index (χ4v) is 3.22. The maximum Gasteiger partial charge on any atom is 0.124 e. The van der Waals surface area contributed by atoms with Crippen molar-refractivity contribution in [2.75, 3.05) is 0 Å². The Hall–Kier alpha value is -1.06. The molecule has 0 aliphatic heterocycles. The molecule has 3 nitrogen and oxygen atoms in total.